The van der Waals surface area contributed by atoms with E-state index in [0.717, 1.165) is 39.4 Å². The van der Waals surface area contributed by atoms with E-state index in [9.17, 15) is 4.79 Å². The van der Waals surface area contributed by atoms with E-state index in [-0.39, 0.29) is 17.6 Å². The summed E-state index contributed by atoms with van der Waals surface area (Å²) in [4.78, 5) is 13.7. The molecule has 0 radical (unpaired) electrons. The van der Waals surface area contributed by atoms with Crippen molar-refractivity contribution in [1.29, 1.82) is 0 Å². The summed E-state index contributed by atoms with van der Waals surface area (Å²) in [6, 6.07) is 13.6. The standard InChI is InChI=1S/C26H26N2O5/c1-14-23-24(17-7-5-6-8-20(17)30-2)25-18(27-26(23)33-28-14)11-16(12-19(25)29)15-9-10-21(31-3)22(13-15)32-4/h5-10,13,16,24,27H,11-12H2,1-4H3/t16-,24+/m0/s1. The molecule has 170 valence electrons. The summed E-state index contributed by atoms with van der Waals surface area (Å²) in [5, 5.41) is 7.56. The number of ketones is 1. The molecule has 2 heterocycles. The predicted octanol–water partition coefficient (Wildman–Crippen LogP) is 4.97. The Labute approximate surface area is 192 Å². The minimum atomic E-state index is -0.294. The van der Waals surface area contributed by atoms with Gasteiger partial charge in [0, 0.05) is 23.3 Å². The van der Waals surface area contributed by atoms with Crippen molar-refractivity contribution < 1.29 is 23.5 Å². The molecule has 1 N–H and O–H groups in total. The van der Waals surface area contributed by atoms with Gasteiger partial charge in [0.05, 0.1) is 38.5 Å². The van der Waals surface area contributed by atoms with E-state index in [2.05, 4.69) is 10.5 Å². The maximum absolute atomic E-state index is 13.7. The van der Waals surface area contributed by atoms with Crippen molar-refractivity contribution in [3.8, 4) is 17.2 Å². The Bertz CT molecular complexity index is 1260. The molecule has 5 rings (SSSR count). The fourth-order valence-electron chi connectivity index (χ4n) is 5.03. The number of methoxy groups -OCH3 is 3. The van der Waals surface area contributed by atoms with Crippen LogP contribution >= 0.6 is 0 Å². The molecule has 7 heteroatoms. The molecular formula is C26H26N2O5. The lowest BCUT2D eigenvalue weighted by Gasteiger charge is -2.35. The molecule has 3 aromatic rings. The highest BCUT2D eigenvalue weighted by Gasteiger charge is 2.42. The number of aromatic nitrogens is 1. The normalized spacial score (nSPS) is 19.5. The predicted molar refractivity (Wildman–Crippen MR) is 123 cm³/mol. The number of nitrogens with one attached hydrogen (secondary N) is 1. The van der Waals surface area contributed by atoms with Crippen molar-refractivity contribution in [2.45, 2.75) is 31.6 Å². The van der Waals surface area contributed by atoms with Crippen molar-refractivity contribution in [3.63, 3.8) is 0 Å². The fourth-order valence-corrected chi connectivity index (χ4v) is 5.03. The lowest BCUT2D eigenvalue weighted by atomic mass is 9.72. The smallest absolute Gasteiger partial charge is 0.233 e. The number of Topliss-reactive ketones (excluding diaryl/α,β-unsaturated/α-hetero) is 1. The van der Waals surface area contributed by atoms with Gasteiger partial charge in [0.15, 0.2) is 17.3 Å². The SMILES string of the molecule is COc1ccc([C@@H]2CC(=O)C3=C(C2)Nc2onc(C)c2[C@H]3c2ccccc2OC)cc1OC. The lowest BCUT2D eigenvalue weighted by Crippen LogP contribution is -2.29. The zero-order valence-corrected chi connectivity index (χ0v) is 19.1. The van der Waals surface area contributed by atoms with Crippen LogP contribution in [0, 0.1) is 6.92 Å². The highest BCUT2D eigenvalue weighted by Crippen LogP contribution is 2.51. The number of para-hydroxylation sites is 1. The average Bonchev–Trinajstić information content (AvgIpc) is 3.22. The Balaban J connectivity index is 1.60. The highest BCUT2D eigenvalue weighted by atomic mass is 16.5. The van der Waals surface area contributed by atoms with Gasteiger partial charge >= 0.3 is 0 Å². The van der Waals surface area contributed by atoms with E-state index in [1.165, 1.54) is 0 Å². The van der Waals surface area contributed by atoms with Gasteiger partial charge in [-0.2, -0.15) is 0 Å². The summed E-state index contributed by atoms with van der Waals surface area (Å²) >= 11 is 0. The minimum absolute atomic E-state index is 0.00689. The number of hydrogen-bond acceptors (Lipinski definition) is 7. The molecular weight excluding hydrogens is 420 g/mol. The third kappa shape index (κ3) is 3.44. The quantitative estimate of drug-likeness (QED) is 0.593. The summed E-state index contributed by atoms with van der Waals surface area (Å²) in [6.07, 6.45) is 1.07. The number of allylic oxidation sites excluding steroid dienone is 2. The second-order valence-electron chi connectivity index (χ2n) is 8.35. The number of anilines is 1. The van der Waals surface area contributed by atoms with Gasteiger partial charge in [-0.05, 0) is 43.0 Å². The Hall–Kier alpha value is -3.74. The number of hydrogen-bond donors (Lipinski definition) is 1. The second kappa shape index (κ2) is 8.31. The molecule has 0 amide bonds. The Morgan fingerprint density at radius 1 is 0.970 bits per heavy atom. The van der Waals surface area contributed by atoms with Crippen molar-refractivity contribution >= 4 is 11.7 Å². The molecule has 33 heavy (non-hydrogen) atoms. The van der Waals surface area contributed by atoms with E-state index in [0.29, 0.717) is 30.2 Å². The number of fused-ring (bicyclic) bond motifs is 1. The van der Waals surface area contributed by atoms with E-state index < -0.39 is 0 Å². The number of nitrogens with zero attached hydrogens (tertiary/aromatic N) is 1. The molecule has 0 spiro atoms. The van der Waals surface area contributed by atoms with Crippen LogP contribution in [0.25, 0.3) is 0 Å². The largest absolute Gasteiger partial charge is 0.496 e. The number of carbonyl (C=O) groups excluding carboxylic acids is 1. The zero-order valence-electron chi connectivity index (χ0n) is 19.1. The van der Waals surface area contributed by atoms with Crippen molar-refractivity contribution in [2.75, 3.05) is 26.6 Å². The van der Waals surface area contributed by atoms with E-state index in [1.807, 2.05) is 49.4 Å². The Morgan fingerprint density at radius 3 is 2.48 bits per heavy atom. The topological polar surface area (TPSA) is 82.8 Å². The molecule has 7 nitrogen and oxygen atoms in total. The molecule has 2 aromatic carbocycles. The minimum Gasteiger partial charge on any atom is -0.496 e. The molecule has 0 unspecified atom stereocenters. The lowest BCUT2D eigenvalue weighted by molar-refractivity contribution is -0.116. The van der Waals surface area contributed by atoms with Crippen LogP contribution in [0.4, 0.5) is 5.88 Å². The third-order valence-corrected chi connectivity index (χ3v) is 6.59. The van der Waals surface area contributed by atoms with Gasteiger partial charge in [-0.25, -0.2) is 0 Å². The summed E-state index contributed by atoms with van der Waals surface area (Å²) in [6.45, 7) is 1.90. The van der Waals surface area contributed by atoms with Crippen LogP contribution in [0.3, 0.4) is 0 Å². The Kier molecular flexibility index (Phi) is 5.32. The average molecular weight is 447 g/mol. The molecule has 0 saturated heterocycles. The molecule has 1 aliphatic carbocycles. The van der Waals surface area contributed by atoms with Gasteiger partial charge in [0.2, 0.25) is 5.88 Å². The second-order valence-corrected chi connectivity index (χ2v) is 8.35. The molecule has 1 aliphatic heterocycles. The molecule has 0 bridgehead atoms. The number of carbonyl (C=O) groups is 1. The molecule has 1 aromatic heterocycles. The van der Waals surface area contributed by atoms with Crippen LogP contribution in [-0.4, -0.2) is 32.3 Å². The van der Waals surface area contributed by atoms with Crippen LogP contribution < -0.4 is 19.5 Å². The van der Waals surface area contributed by atoms with Gasteiger partial charge in [-0.15, -0.1) is 0 Å². The van der Waals surface area contributed by atoms with Crippen molar-refractivity contribution in [1.82, 2.24) is 5.16 Å². The number of aryl methyl sites for hydroxylation is 1. The van der Waals surface area contributed by atoms with E-state index in [1.54, 1.807) is 21.3 Å². The van der Waals surface area contributed by atoms with Crippen LogP contribution in [-0.2, 0) is 4.79 Å². The third-order valence-electron chi connectivity index (χ3n) is 6.59. The first kappa shape index (κ1) is 21.1. The summed E-state index contributed by atoms with van der Waals surface area (Å²) in [7, 11) is 4.87. The molecule has 0 saturated carbocycles. The molecule has 2 atom stereocenters. The summed E-state index contributed by atoms with van der Waals surface area (Å²) in [5.41, 5.74) is 5.23. The van der Waals surface area contributed by atoms with Gasteiger partial charge in [0.25, 0.3) is 0 Å². The Morgan fingerprint density at radius 2 is 1.73 bits per heavy atom. The van der Waals surface area contributed by atoms with Crippen LogP contribution in [0.5, 0.6) is 17.2 Å². The number of ether oxygens (including phenoxy) is 3. The van der Waals surface area contributed by atoms with Crippen molar-refractivity contribution in [3.05, 3.63) is 76.1 Å². The maximum Gasteiger partial charge on any atom is 0.233 e. The van der Waals surface area contributed by atoms with Gasteiger partial charge in [-0.3, -0.25) is 4.79 Å². The van der Waals surface area contributed by atoms with Crippen LogP contribution in [0.1, 0.15) is 47.1 Å². The first-order valence-corrected chi connectivity index (χ1v) is 10.9. The maximum atomic E-state index is 13.7. The van der Waals surface area contributed by atoms with Gasteiger partial charge in [-0.1, -0.05) is 29.4 Å². The zero-order chi connectivity index (χ0) is 23.1. The molecule has 0 fully saturated rings. The van der Waals surface area contributed by atoms with Gasteiger partial charge in [0.1, 0.15) is 5.75 Å². The van der Waals surface area contributed by atoms with Crippen LogP contribution in [0.15, 0.2) is 58.3 Å². The number of rotatable bonds is 5. The van der Waals surface area contributed by atoms with Crippen molar-refractivity contribution in [2.24, 2.45) is 0 Å². The number of benzene rings is 2. The summed E-state index contributed by atoms with van der Waals surface area (Å²) in [5.74, 6) is 2.45. The highest BCUT2D eigenvalue weighted by molar-refractivity contribution is 6.01. The molecule has 2 aliphatic rings. The first-order valence-electron chi connectivity index (χ1n) is 10.9. The fraction of sp³-hybridized carbons (Fsp3) is 0.308. The van der Waals surface area contributed by atoms with Gasteiger partial charge < -0.3 is 24.1 Å². The van der Waals surface area contributed by atoms with Crippen LogP contribution in [0.2, 0.25) is 0 Å². The van der Waals surface area contributed by atoms with E-state index in [4.69, 9.17) is 18.7 Å². The monoisotopic (exact) mass is 446 g/mol. The summed E-state index contributed by atoms with van der Waals surface area (Å²) < 4.78 is 22.1. The van der Waals surface area contributed by atoms with E-state index >= 15 is 0 Å². The first-order chi connectivity index (χ1) is 16.0.